The maximum Gasteiger partial charge on any atom is 0.330 e. The average Bonchev–Trinajstić information content (AvgIpc) is 2.37. The van der Waals surface area contributed by atoms with E-state index in [2.05, 4.69) is 13.5 Å². The minimum Gasteiger partial charge on any atom is -0.481 e. The van der Waals surface area contributed by atoms with Crippen molar-refractivity contribution in [1.82, 2.24) is 0 Å². The smallest absolute Gasteiger partial charge is 0.330 e. The second kappa shape index (κ2) is 19.6. The summed E-state index contributed by atoms with van der Waals surface area (Å²) >= 11 is 0. The van der Waals surface area contributed by atoms with E-state index in [1.54, 1.807) is 0 Å². The Labute approximate surface area is 148 Å². The molecule has 0 atom stereocenters. The largest absolute Gasteiger partial charge is 0.481 e. The van der Waals surface area contributed by atoms with Crippen LogP contribution in [0.2, 0.25) is 0 Å². The standard InChI is InChI=1S/C12H24O2.C4H6O2.Zr/c1-2-3-4-5-6-7-8-9-10-11-12(13)14;1-3(2)4(5)6;/h2-11H2,1H3,(H,13,14);1H2,2H3,(H,5,6);. The van der Waals surface area contributed by atoms with E-state index in [9.17, 15) is 9.59 Å². The molecule has 0 rings (SSSR count). The van der Waals surface area contributed by atoms with Crippen LogP contribution >= 0.6 is 0 Å². The fourth-order valence-corrected chi connectivity index (χ4v) is 1.59. The van der Waals surface area contributed by atoms with Crippen molar-refractivity contribution >= 4 is 11.9 Å². The predicted octanol–water partition coefficient (Wildman–Crippen LogP) is 4.64. The number of hydrogen-bond acceptors (Lipinski definition) is 2. The average molecular weight is 378 g/mol. The number of carboxylic acids is 2. The van der Waals surface area contributed by atoms with Gasteiger partial charge in [0, 0.05) is 38.2 Å². The summed E-state index contributed by atoms with van der Waals surface area (Å²) in [5.41, 5.74) is 0.176. The van der Waals surface area contributed by atoms with Crippen molar-refractivity contribution in [2.45, 2.75) is 78.1 Å². The molecule has 0 aliphatic heterocycles. The first kappa shape index (κ1) is 25.5. The monoisotopic (exact) mass is 376 g/mol. The quantitative estimate of drug-likeness (QED) is 0.406. The zero-order valence-corrected chi connectivity index (χ0v) is 15.9. The third-order valence-corrected chi connectivity index (χ3v) is 2.86. The van der Waals surface area contributed by atoms with Gasteiger partial charge in [0.2, 0.25) is 0 Å². The van der Waals surface area contributed by atoms with Crippen molar-refractivity contribution < 1.29 is 46.0 Å². The Balaban J connectivity index is -0.000000394. The van der Waals surface area contributed by atoms with Gasteiger partial charge in [0.1, 0.15) is 0 Å². The third-order valence-electron chi connectivity index (χ3n) is 2.86. The van der Waals surface area contributed by atoms with Gasteiger partial charge in [0.05, 0.1) is 0 Å². The van der Waals surface area contributed by atoms with Gasteiger partial charge in [0.15, 0.2) is 0 Å². The van der Waals surface area contributed by atoms with Crippen LogP contribution in [0.3, 0.4) is 0 Å². The molecule has 0 bridgehead atoms. The van der Waals surface area contributed by atoms with Crippen molar-refractivity contribution in [2.75, 3.05) is 0 Å². The van der Waals surface area contributed by atoms with Gasteiger partial charge in [-0.1, -0.05) is 64.9 Å². The molecule has 4 nitrogen and oxygen atoms in total. The second-order valence-corrected chi connectivity index (χ2v) is 5.06. The van der Waals surface area contributed by atoms with Gasteiger partial charge in [-0.15, -0.1) is 0 Å². The van der Waals surface area contributed by atoms with Crippen molar-refractivity contribution in [3.63, 3.8) is 0 Å². The maximum absolute atomic E-state index is 10.2. The third kappa shape index (κ3) is 28.5. The van der Waals surface area contributed by atoms with Crippen LogP contribution in [0.15, 0.2) is 12.2 Å². The summed E-state index contributed by atoms with van der Waals surface area (Å²) in [6.07, 6.45) is 11.5. The van der Waals surface area contributed by atoms with Gasteiger partial charge < -0.3 is 10.2 Å². The van der Waals surface area contributed by atoms with E-state index in [-0.39, 0.29) is 31.8 Å². The fraction of sp³-hybridized carbons (Fsp3) is 0.750. The van der Waals surface area contributed by atoms with Crippen LogP contribution in [0.1, 0.15) is 78.1 Å². The Bertz CT molecular complexity index is 265. The molecule has 0 spiro atoms. The molecular formula is C16H30O4Zr. The van der Waals surface area contributed by atoms with Gasteiger partial charge in [-0.2, -0.15) is 0 Å². The van der Waals surface area contributed by atoms with E-state index in [4.69, 9.17) is 10.2 Å². The molecule has 0 aromatic rings. The Kier molecular flexibility index (Phi) is 23.8. The molecule has 122 valence electrons. The first-order valence-electron chi connectivity index (χ1n) is 7.52. The molecule has 0 aromatic heterocycles. The van der Waals surface area contributed by atoms with Gasteiger partial charge in [-0.05, 0) is 13.3 Å². The Morgan fingerprint density at radius 2 is 1.19 bits per heavy atom. The molecule has 0 fully saturated rings. The number of carbonyl (C=O) groups is 2. The van der Waals surface area contributed by atoms with Crippen molar-refractivity contribution in [3.05, 3.63) is 12.2 Å². The molecule has 21 heavy (non-hydrogen) atoms. The molecule has 0 unspecified atom stereocenters. The van der Waals surface area contributed by atoms with Gasteiger partial charge in [-0.3, -0.25) is 4.79 Å². The number of rotatable bonds is 11. The normalized spacial score (nSPS) is 9.05. The number of carboxylic acid groups (broad SMARTS) is 2. The Morgan fingerprint density at radius 3 is 1.48 bits per heavy atom. The predicted molar refractivity (Wildman–Crippen MR) is 81.9 cm³/mol. The Morgan fingerprint density at radius 1 is 0.857 bits per heavy atom. The summed E-state index contributed by atoms with van der Waals surface area (Å²) in [5, 5.41) is 16.3. The molecule has 2 N–H and O–H groups in total. The van der Waals surface area contributed by atoms with E-state index in [0.29, 0.717) is 6.42 Å². The summed E-state index contributed by atoms with van der Waals surface area (Å²) in [5.74, 6) is -1.59. The minimum absolute atomic E-state index is 0. The minimum atomic E-state index is -0.935. The first-order chi connectivity index (χ1) is 9.41. The van der Waals surface area contributed by atoms with Gasteiger partial charge >= 0.3 is 11.9 Å². The molecule has 0 aliphatic rings. The molecule has 0 amide bonds. The fourth-order valence-electron chi connectivity index (χ4n) is 1.59. The molecule has 0 saturated carbocycles. The number of aliphatic carboxylic acids is 2. The second-order valence-electron chi connectivity index (χ2n) is 5.06. The molecular weight excluding hydrogens is 347 g/mol. The molecule has 0 saturated heterocycles. The van der Waals surface area contributed by atoms with Crippen LogP contribution < -0.4 is 0 Å². The number of hydrogen-bond donors (Lipinski definition) is 2. The van der Waals surface area contributed by atoms with Crippen LogP contribution in [-0.4, -0.2) is 22.2 Å². The van der Waals surface area contributed by atoms with Crippen LogP contribution in [0.25, 0.3) is 0 Å². The Hall–Kier alpha value is -0.437. The molecule has 0 radical (unpaired) electrons. The summed E-state index contributed by atoms with van der Waals surface area (Å²) in [6.45, 7) is 6.83. The molecule has 0 heterocycles. The zero-order chi connectivity index (χ0) is 15.8. The van der Waals surface area contributed by atoms with Crippen molar-refractivity contribution in [1.29, 1.82) is 0 Å². The SMILES string of the molecule is C=C(C)C(=O)O.CCCCCCCCCCCC(=O)O.[Zr]. The van der Waals surface area contributed by atoms with Gasteiger partial charge in [0.25, 0.3) is 0 Å². The van der Waals surface area contributed by atoms with E-state index in [1.165, 1.54) is 51.9 Å². The summed E-state index contributed by atoms with van der Waals surface area (Å²) in [4.78, 5) is 19.8. The summed E-state index contributed by atoms with van der Waals surface area (Å²) in [6, 6.07) is 0. The van der Waals surface area contributed by atoms with Crippen LogP contribution in [-0.2, 0) is 35.8 Å². The van der Waals surface area contributed by atoms with Gasteiger partial charge in [-0.25, -0.2) is 4.79 Å². The zero-order valence-electron chi connectivity index (χ0n) is 13.5. The maximum atomic E-state index is 10.2. The molecule has 0 aliphatic carbocycles. The van der Waals surface area contributed by atoms with Crippen LogP contribution in [0, 0.1) is 0 Å². The van der Waals surface area contributed by atoms with Crippen LogP contribution in [0.4, 0.5) is 0 Å². The molecule has 5 heteroatoms. The van der Waals surface area contributed by atoms with Crippen molar-refractivity contribution in [3.8, 4) is 0 Å². The molecule has 0 aromatic carbocycles. The summed E-state index contributed by atoms with van der Waals surface area (Å²) < 4.78 is 0. The van der Waals surface area contributed by atoms with E-state index < -0.39 is 11.9 Å². The van der Waals surface area contributed by atoms with E-state index in [0.717, 1.165) is 12.8 Å². The van der Waals surface area contributed by atoms with E-state index >= 15 is 0 Å². The van der Waals surface area contributed by atoms with Crippen LogP contribution in [0.5, 0.6) is 0 Å². The topological polar surface area (TPSA) is 74.6 Å². The number of unbranched alkanes of at least 4 members (excludes halogenated alkanes) is 8. The summed E-state index contributed by atoms with van der Waals surface area (Å²) in [7, 11) is 0. The first-order valence-corrected chi connectivity index (χ1v) is 7.52. The van der Waals surface area contributed by atoms with Crippen molar-refractivity contribution in [2.24, 2.45) is 0 Å². The van der Waals surface area contributed by atoms with E-state index in [1.807, 2.05) is 0 Å².